The van der Waals surface area contributed by atoms with Crippen LogP contribution in [0.15, 0.2) is 54.6 Å². The normalized spacial score (nSPS) is 12.4. The van der Waals surface area contributed by atoms with Gasteiger partial charge in [0.15, 0.2) is 17.2 Å². The van der Waals surface area contributed by atoms with E-state index < -0.39 is 5.97 Å². The van der Waals surface area contributed by atoms with Gasteiger partial charge in [-0.05, 0) is 59.5 Å². The van der Waals surface area contributed by atoms with Gasteiger partial charge in [-0.3, -0.25) is 0 Å². The maximum absolute atomic E-state index is 11.0. The zero-order valence-corrected chi connectivity index (χ0v) is 18.2. The van der Waals surface area contributed by atoms with Crippen LogP contribution in [0.3, 0.4) is 0 Å². The molecule has 0 saturated heterocycles. The van der Waals surface area contributed by atoms with E-state index in [1.54, 1.807) is 42.5 Å². The molecular weight excluding hydrogens is 463 g/mol. The molecule has 3 aromatic rings. The van der Waals surface area contributed by atoms with Crippen molar-refractivity contribution in [2.24, 2.45) is 0 Å². The minimum absolute atomic E-state index is 0.142. The summed E-state index contributed by atoms with van der Waals surface area (Å²) in [5, 5.41) is 10.3. The van der Waals surface area contributed by atoms with Crippen molar-refractivity contribution >= 4 is 46.8 Å². The predicted octanol–water partition coefficient (Wildman–Crippen LogP) is 6.86. The average molecular weight is 478 g/mol. The van der Waals surface area contributed by atoms with Gasteiger partial charge in [-0.25, -0.2) is 4.79 Å². The van der Waals surface area contributed by atoms with Crippen LogP contribution in [0.25, 0.3) is 6.08 Å². The molecule has 0 fully saturated rings. The lowest BCUT2D eigenvalue weighted by Gasteiger charge is -2.13. The van der Waals surface area contributed by atoms with Gasteiger partial charge in [0.25, 0.3) is 0 Å². The van der Waals surface area contributed by atoms with Crippen molar-refractivity contribution in [2.75, 3.05) is 6.79 Å². The van der Waals surface area contributed by atoms with Gasteiger partial charge in [-0.2, -0.15) is 0 Å². The maximum atomic E-state index is 11.0. The Hall–Kier alpha value is -2.86. The van der Waals surface area contributed by atoms with Crippen molar-refractivity contribution < 1.29 is 24.1 Å². The molecule has 0 amide bonds. The molecule has 8 heteroatoms. The van der Waals surface area contributed by atoms with Gasteiger partial charge in [-0.1, -0.05) is 46.9 Å². The third-order valence-corrected chi connectivity index (χ3v) is 5.53. The van der Waals surface area contributed by atoms with Crippen molar-refractivity contribution in [1.82, 2.24) is 0 Å². The molecule has 4 rings (SSSR count). The van der Waals surface area contributed by atoms with Gasteiger partial charge in [-0.15, -0.1) is 0 Å². The van der Waals surface area contributed by atoms with Crippen molar-refractivity contribution in [1.29, 1.82) is 0 Å². The van der Waals surface area contributed by atoms with Crippen LogP contribution in [0.4, 0.5) is 0 Å². The van der Waals surface area contributed by atoms with Crippen molar-refractivity contribution in [3.63, 3.8) is 0 Å². The molecule has 0 aliphatic carbocycles. The van der Waals surface area contributed by atoms with Crippen LogP contribution in [0, 0.1) is 0 Å². The maximum Gasteiger partial charge on any atom is 0.328 e. The number of hydrogen-bond donors (Lipinski definition) is 1. The van der Waals surface area contributed by atoms with E-state index in [4.69, 9.17) is 54.1 Å². The summed E-state index contributed by atoms with van der Waals surface area (Å²) in [6, 6.07) is 13.9. The molecule has 5 nitrogen and oxygen atoms in total. The molecule has 31 heavy (non-hydrogen) atoms. The Balaban J connectivity index is 1.71. The Morgan fingerprint density at radius 1 is 0.968 bits per heavy atom. The highest BCUT2D eigenvalue weighted by Gasteiger charge is 2.18. The fraction of sp³-hybridized carbons (Fsp3) is 0.0870. The van der Waals surface area contributed by atoms with Crippen molar-refractivity contribution in [3.8, 4) is 23.0 Å². The predicted molar refractivity (Wildman–Crippen MR) is 120 cm³/mol. The van der Waals surface area contributed by atoms with E-state index >= 15 is 0 Å². The molecule has 1 N–H and O–H groups in total. The number of carbonyl (C=O) groups is 1. The molecule has 0 aromatic heterocycles. The third kappa shape index (κ3) is 4.90. The molecule has 0 bridgehead atoms. The summed E-state index contributed by atoms with van der Waals surface area (Å²) in [6.45, 7) is 0.142. The Bertz CT molecular complexity index is 1170. The van der Waals surface area contributed by atoms with E-state index in [0.29, 0.717) is 50.1 Å². The summed E-state index contributed by atoms with van der Waals surface area (Å²) in [4.78, 5) is 11.0. The number of hydrogen-bond acceptors (Lipinski definition) is 4. The number of halogens is 3. The lowest BCUT2D eigenvalue weighted by Crippen LogP contribution is -1.96. The standard InChI is InChI=1S/C23H15Cl3O5/c24-17-2-1-3-18(25)23(17)31-16-6-4-13(5-7-22(27)28)14(9-16)8-15-10-20-21(11-19(15)26)30-12-29-20/h1-7,9-11H,8,12H2,(H,27,28). The van der Waals surface area contributed by atoms with Crippen LogP contribution in [0.2, 0.25) is 15.1 Å². The van der Waals surface area contributed by atoms with Gasteiger partial charge in [0, 0.05) is 17.2 Å². The minimum atomic E-state index is -1.05. The Labute approximate surface area is 193 Å². The molecule has 0 saturated carbocycles. The quantitative estimate of drug-likeness (QED) is 0.393. The number of aliphatic carboxylic acids is 1. The lowest BCUT2D eigenvalue weighted by atomic mass is 9.98. The summed E-state index contributed by atoms with van der Waals surface area (Å²) in [7, 11) is 0. The van der Waals surface area contributed by atoms with E-state index in [1.165, 1.54) is 6.08 Å². The number of carboxylic acids is 1. The summed E-state index contributed by atoms with van der Waals surface area (Å²) < 4.78 is 16.7. The van der Waals surface area contributed by atoms with Crippen LogP contribution in [0.5, 0.6) is 23.0 Å². The first-order chi connectivity index (χ1) is 14.9. The molecule has 0 atom stereocenters. The Morgan fingerprint density at radius 2 is 1.68 bits per heavy atom. The van der Waals surface area contributed by atoms with Gasteiger partial charge >= 0.3 is 5.97 Å². The van der Waals surface area contributed by atoms with E-state index in [0.717, 1.165) is 17.2 Å². The highest BCUT2D eigenvalue weighted by molar-refractivity contribution is 6.37. The molecule has 1 heterocycles. The number of carboxylic acid groups (broad SMARTS) is 1. The summed E-state index contributed by atoms with van der Waals surface area (Å²) in [5.41, 5.74) is 2.29. The Kier molecular flexibility index (Phi) is 6.28. The summed E-state index contributed by atoms with van der Waals surface area (Å²) in [5.74, 6) is 0.985. The highest BCUT2D eigenvalue weighted by atomic mass is 35.5. The Morgan fingerprint density at radius 3 is 2.39 bits per heavy atom. The van der Waals surface area contributed by atoms with E-state index in [1.807, 2.05) is 6.07 Å². The molecular formula is C23H15Cl3O5. The molecule has 0 unspecified atom stereocenters. The minimum Gasteiger partial charge on any atom is -0.478 e. The zero-order valence-electron chi connectivity index (χ0n) is 15.9. The number of benzene rings is 3. The zero-order chi connectivity index (χ0) is 22.0. The highest BCUT2D eigenvalue weighted by Crippen LogP contribution is 2.39. The average Bonchev–Trinajstić information content (AvgIpc) is 3.17. The van der Waals surface area contributed by atoms with Crippen molar-refractivity contribution in [3.05, 3.63) is 86.4 Å². The SMILES string of the molecule is O=C(O)C=Cc1ccc(Oc2c(Cl)cccc2Cl)cc1Cc1cc2c(cc1Cl)OCO2. The van der Waals surface area contributed by atoms with Crippen LogP contribution in [-0.2, 0) is 11.2 Å². The fourth-order valence-electron chi connectivity index (χ4n) is 3.12. The second kappa shape index (κ2) is 9.10. The molecule has 0 spiro atoms. The molecule has 0 radical (unpaired) electrons. The van der Waals surface area contributed by atoms with E-state index in [9.17, 15) is 4.79 Å². The van der Waals surface area contributed by atoms with E-state index in [2.05, 4.69) is 0 Å². The first-order valence-electron chi connectivity index (χ1n) is 9.14. The monoisotopic (exact) mass is 476 g/mol. The fourth-order valence-corrected chi connectivity index (χ4v) is 3.82. The second-order valence-electron chi connectivity index (χ2n) is 6.66. The largest absolute Gasteiger partial charge is 0.478 e. The van der Waals surface area contributed by atoms with E-state index in [-0.39, 0.29) is 6.79 Å². The first-order valence-corrected chi connectivity index (χ1v) is 10.3. The van der Waals surface area contributed by atoms with Gasteiger partial charge in [0.2, 0.25) is 6.79 Å². The molecule has 158 valence electrons. The van der Waals surface area contributed by atoms with Crippen LogP contribution < -0.4 is 14.2 Å². The van der Waals surface area contributed by atoms with Crippen LogP contribution in [0.1, 0.15) is 16.7 Å². The number of ether oxygens (including phenoxy) is 3. The summed E-state index contributed by atoms with van der Waals surface area (Å²) >= 11 is 18.9. The van der Waals surface area contributed by atoms with Gasteiger partial charge in [0.05, 0.1) is 10.0 Å². The summed E-state index contributed by atoms with van der Waals surface area (Å²) in [6.07, 6.45) is 3.00. The number of para-hydroxylation sites is 1. The molecule has 1 aliphatic heterocycles. The van der Waals surface area contributed by atoms with Crippen LogP contribution >= 0.6 is 34.8 Å². The molecule has 1 aliphatic rings. The second-order valence-corrected chi connectivity index (χ2v) is 7.88. The number of rotatable bonds is 6. The first kappa shape index (κ1) is 21.4. The van der Waals surface area contributed by atoms with Crippen molar-refractivity contribution in [2.45, 2.75) is 6.42 Å². The topological polar surface area (TPSA) is 65.0 Å². The van der Waals surface area contributed by atoms with Gasteiger partial charge < -0.3 is 19.3 Å². The van der Waals surface area contributed by atoms with Gasteiger partial charge in [0.1, 0.15) is 5.75 Å². The number of fused-ring (bicyclic) bond motifs is 1. The lowest BCUT2D eigenvalue weighted by molar-refractivity contribution is -0.131. The smallest absolute Gasteiger partial charge is 0.328 e. The third-order valence-electron chi connectivity index (χ3n) is 4.58. The molecule has 3 aromatic carbocycles. The van der Waals surface area contributed by atoms with Crippen LogP contribution in [-0.4, -0.2) is 17.9 Å².